The first-order chi connectivity index (χ1) is 14.2. The maximum Gasteiger partial charge on any atom is 0.230 e. The molecule has 0 atom stereocenters. The maximum atomic E-state index is 13.0. The molecule has 1 N–H and O–H groups in total. The summed E-state index contributed by atoms with van der Waals surface area (Å²) >= 11 is 1.41. The molecule has 6 heteroatoms. The SMILES string of the molecule is O=C(CSc1nc2ccccc2n1-c1ccccc1)NCCc1ccc(F)cc1. The van der Waals surface area contributed by atoms with Crippen molar-refractivity contribution in [1.29, 1.82) is 0 Å². The Bertz CT molecular complexity index is 1110. The third kappa shape index (κ3) is 4.66. The van der Waals surface area contributed by atoms with E-state index in [4.69, 9.17) is 4.98 Å². The fourth-order valence-electron chi connectivity index (χ4n) is 3.11. The monoisotopic (exact) mass is 405 g/mol. The molecule has 146 valence electrons. The number of benzene rings is 3. The van der Waals surface area contributed by atoms with Crippen LogP contribution in [0.4, 0.5) is 4.39 Å². The molecule has 4 nitrogen and oxygen atoms in total. The van der Waals surface area contributed by atoms with Crippen LogP contribution in [0.2, 0.25) is 0 Å². The number of halogens is 1. The minimum Gasteiger partial charge on any atom is -0.355 e. The second-order valence-corrected chi connectivity index (χ2v) is 7.51. The third-order valence-electron chi connectivity index (χ3n) is 4.53. The first kappa shape index (κ1) is 19.2. The highest BCUT2D eigenvalue weighted by Crippen LogP contribution is 2.27. The topological polar surface area (TPSA) is 46.9 Å². The number of nitrogens with zero attached hydrogens (tertiary/aromatic N) is 2. The lowest BCUT2D eigenvalue weighted by Crippen LogP contribution is -2.27. The zero-order valence-electron chi connectivity index (χ0n) is 15.7. The van der Waals surface area contributed by atoms with E-state index in [9.17, 15) is 9.18 Å². The van der Waals surface area contributed by atoms with Gasteiger partial charge in [-0.25, -0.2) is 9.37 Å². The summed E-state index contributed by atoms with van der Waals surface area (Å²) in [5.74, 6) is -0.0289. The van der Waals surface area contributed by atoms with Gasteiger partial charge in [0.1, 0.15) is 5.82 Å². The van der Waals surface area contributed by atoms with Gasteiger partial charge in [-0.1, -0.05) is 54.2 Å². The summed E-state index contributed by atoms with van der Waals surface area (Å²) in [5.41, 5.74) is 3.92. The lowest BCUT2D eigenvalue weighted by atomic mass is 10.1. The minimum atomic E-state index is -0.254. The highest BCUT2D eigenvalue weighted by molar-refractivity contribution is 7.99. The number of thioether (sulfide) groups is 1. The average Bonchev–Trinajstić information content (AvgIpc) is 3.13. The van der Waals surface area contributed by atoms with E-state index in [-0.39, 0.29) is 17.5 Å². The van der Waals surface area contributed by atoms with Crippen molar-refractivity contribution in [3.05, 3.63) is 90.2 Å². The molecule has 1 heterocycles. The second-order valence-electron chi connectivity index (χ2n) is 6.57. The second kappa shape index (κ2) is 8.92. The van der Waals surface area contributed by atoms with Crippen molar-refractivity contribution in [2.24, 2.45) is 0 Å². The number of rotatable bonds is 7. The van der Waals surface area contributed by atoms with E-state index in [1.54, 1.807) is 12.1 Å². The van der Waals surface area contributed by atoms with Crippen LogP contribution in [-0.4, -0.2) is 27.8 Å². The van der Waals surface area contributed by atoms with Crippen LogP contribution in [0.15, 0.2) is 84.0 Å². The summed E-state index contributed by atoms with van der Waals surface area (Å²) in [7, 11) is 0. The number of amides is 1. The van der Waals surface area contributed by atoms with Crippen LogP contribution in [0.3, 0.4) is 0 Å². The molecule has 3 aromatic carbocycles. The largest absolute Gasteiger partial charge is 0.355 e. The van der Waals surface area contributed by atoms with Crippen LogP contribution in [0, 0.1) is 5.82 Å². The Kier molecular flexibility index (Phi) is 5.91. The van der Waals surface area contributed by atoms with E-state index >= 15 is 0 Å². The summed E-state index contributed by atoms with van der Waals surface area (Å²) in [6, 6.07) is 24.3. The lowest BCUT2D eigenvalue weighted by molar-refractivity contribution is -0.118. The normalized spacial score (nSPS) is 10.9. The first-order valence-corrected chi connectivity index (χ1v) is 10.4. The molecule has 1 aromatic heterocycles. The molecular formula is C23H20FN3OS. The molecule has 0 aliphatic heterocycles. The molecule has 0 spiro atoms. The Balaban J connectivity index is 1.41. The molecular weight excluding hydrogens is 385 g/mol. The molecule has 0 unspecified atom stereocenters. The van der Waals surface area contributed by atoms with Gasteiger partial charge >= 0.3 is 0 Å². The van der Waals surface area contributed by atoms with Gasteiger partial charge in [0.2, 0.25) is 5.91 Å². The Morgan fingerprint density at radius 3 is 2.48 bits per heavy atom. The summed E-state index contributed by atoms with van der Waals surface area (Å²) in [6.45, 7) is 0.514. The van der Waals surface area contributed by atoms with E-state index in [0.29, 0.717) is 13.0 Å². The zero-order valence-corrected chi connectivity index (χ0v) is 16.5. The number of carbonyl (C=O) groups is 1. The Morgan fingerprint density at radius 2 is 1.69 bits per heavy atom. The average molecular weight is 405 g/mol. The number of nitrogens with one attached hydrogen (secondary N) is 1. The van der Waals surface area contributed by atoms with Crippen LogP contribution in [0.25, 0.3) is 16.7 Å². The number of hydrogen-bond acceptors (Lipinski definition) is 3. The molecule has 0 aliphatic carbocycles. The zero-order chi connectivity index (χ0) is 20.1. The smallest absolute Gasteiger partial charge is 0.230 e. The van der Waals surface area contributed by atoms with Gasteiger partial charge in [-0.05, 0) is 48.4 Å². The number of fused-ring (bicyclic) bond motifs is 1. The van der Waals surface area contributed by atoms with Crippen molar-refractivity contribution in [1.82, 2.24) is 14.9 Å². The van der Waals surface area contributed by atoms with Gasteiger partial charge in [0.25, 0.3) is 0 Å². The molecule has 29 heavy (non-hydrogen) atoms. The lowest BCUT2D eigenvalue weighted by Gasteiger charge is -2.09. The molecule has 4 rings (SSSR count). The van der Waals surface area contributed by atoms with Crippen molar-refractivity contribution >= 4 is 28.7 Å². The van der Waals surface area contributed by atoms with Gasteiger partial charge in [0.05, 0.1) is 16.8 Å². The van der Waals surface area contributed by atoms with E-state index in [1.165, 1.54) is 23.9 Å². The van der Waals surface area contributed by atoms with Crippen molar-refractivity contribution < 1.29 is 9.18 Å². The predicted molar refractivity (Wildman–Crippen MR) is 115 cm³/mol. The van der Waals surface area contributed by atoms with Crippen LogP contribution < -0.4 is 5.32 Å². The standard InChI is InChI=1S/C23H20FN3OS/c24-18-12-10-17(11-13-18)14-15-25-22(28)16-29-23-26-20-8-4-5-9-21(20)27(23)19-6-2-1-3-7-19/h1-13H,14-16H2,(H,25,28). The number of carbonyl (C=O) groups excluding carboxylic acids is 1. The maximum absolute atomic E-state index is 13.0. The molecule has 4 aromatic rings. The van der Waals surface area contributed by atoms with E-state index < -0.39 is 0 Å². The van der Waals surface area contributed by atoms with Gasteiger partial charge in [-0.3, -0.25) is 9.36 Å². The van der Waals surface area contributed by atoms with Crippen molar-refractivity contribution in [2.45, 2.75) is 11.6 Å². The van der Waals surface area contributed by atoms with E-state index in [0.717, 1.165) is 27.4 Å². The highest BCUT2D eigenvalue weighted by Gasteiger charge is 2.14. The summed E-state index contributed by atoms with van der Waals surface area (Å²) in [5, 5.41) is 3.70. The number of hydrogen-bond donors (Lipinski definition) is 1. The van der Waals surface area contributed by atoms with Crippen LogP contribution in [0.5, 0.6) is 0 Å². The molecule has 0 fully saturated rings. The van der Waals surface area contributed by atoms with Crippen LogP contribution >= 0.6 is 11.8 Å². The number of imidazole rings is 1. The quantitative estimate of drug-likeness (QED) is 0.457. The summed E-state index contributed by atoms with van der Waals surface area (Å²) < 4.78 is 15.0. The van der Waals surface area contributed by atoms with Gasteiger partial charge < -0.3 is 5.32 Å². The molecule has 0 radical (unpaired) electrons. The molecule has 0 saturated heterocycles. The van der Waals surface area contributed by atoms with Gasteiger partial charge in [0, 0.05) is 12.2 Å². The Morgan fingerprint density at radius 1 is 0.966 bits per heavy atom. The molecule has 0 aliphatic rings. The fraction of sp³-hybridized carbons (Fsp3) is 0.130. The van der Waals surface area contributed by atoms with Crippen molar-refractivity contribution in [3.8, 4) is 5.69 Å². The number of aromatic nitrogens is 2. The van der Waals surface area contributed by atoms with Crippen molar-refractivity contribution in [2.75, 3.05) is 12.3 Å². The van der Waals surface area contributed by atoms with E-state index in [1.807, 2.05) is 54.6 Å². The first-order valence-electron chi connectivity index (χ1n) is 9.37. The highest BCUT2D eigenvalue weighted by atomic mass is 32.2. The van der Waals surface area contributed by atoms with Gasteiger partial charge in [-0.2, -0.15) is 0 Å². The number of para-hydroxylation sites is 3. The van der Waals surface area contributed by atoms with Crippen molar-refractivity contribution in [3.63, 3.8) is 0 Å². The minimum absolute atomic E-state index is 0.0521. The van der Waals surface area contributed by atoms with Gasteiger partial charge in [-0.15, -0.1) is 0 Å². The summed E-state index contributed by atoms with van der Waals surface area (Å²) in [6.07, 6.45) is 0.666. The Hall–Kier alpha value is -3.12. The third-order valence-corrected chi connectivity index (χ3v) is 5.46. The van der Waals surface area contributed by atoms with Gasteiger partial charge in [0.15, 0.2) is 5.16 Å². The predicted octanol–water partition coefficient (Wildman–Crippen LogP) is 4.62. The fourth-order valence-corrected chi connectivity index (χ4v) is 3.96. The summed E-state index contributed by atoms with van der Waals surface area (Å²) in [4.78, 5) is 17.0. The van der Waals surface area contributed by atoms with E-state index in [2.05, 4.69) is 9.88 Å². The molecule has 0 bridgehead atoms. The van der Waals surface area contributed by atoms with Crippen LogP contribution in [-0.2, 0) is 11.2 Å². The Labute approximate surface area is 172 Å². The molecule has 0 saturated carbocycles. The molecule has 1 amide bonds. The van der Waals surface area contributed by atoms with Crippen LogP contribution in [0.1, 0.15) is 5.56 Å².